The maximum Gasteiger partial charge on any atom is 0.294 e. The molecule has 7 nitrogen and oxygen atoms in total. The maximum atomic E-state index is 13.0. The number of nitrogens with one attached hydrogen (secondary N) is 1. The summed E-state index contributed by atoms with van der Waals surface area (Å²) in [6, 6.07) is 18.9. The van der Waals surface area contributed by atoms with E-state index in [1.807, 2.05) is 56.3 Å². The number of hydrogen-bond donors (Lipinski definition) is 1. The molecule has 1 aliphatic rings. The molecular weight excluding hydrogens is 556 g/mol. The lowest BCUT2D eigenvalue weighted by Crippen LogP contribution is -2.36. The van der Waals surface area contributed by atoms with Gasteiger partial charge in [0, 0.05) is 5.69 Å². The van der Waals surface area contributed by atoms with Gasteiger partial charge in [-0.1, -0.05) is 48.0 Å². The van der Waals surface area contributed by atoms with Gasteiger partial charge >= 0.3 is 0 Å². The number of rotatable bonds is 8. The molecule has 3 aromatic carbocycles. The molecule has 190 valence electrons. The average molecular weight is 581 g/mol. The van der Waals surface area contributed by atoms with E-state index in [2.05, 4.69) is 21.2 Å². The number of anilines is 1. The Balaban J connectivity index is 1.47. The lowest BCUT2D eigenvalue weighted by molar-refractivity contribution is -0.127. The van der Waals surface area contributed by atoms with Crippen molar-refractivity contribution in [1.82, 2.24) is 4.90 Å². The van der Waals surface area contributed by atoms with Crippen molar-refractivity contribution in [1.29, 1.82) is 0 Å². The number of carbonyl (C=O) groups excluding carboxylic acids is 3. The van der Waals surface area contributed by atoms with Crippen molar-refractivity contribution in [3.8, 4) is 11.5 Å². The van der Waals surface area contributed by atoms with Gasteiger partial charge in [-0.25, -0.2) is 0 Å². The van der Waals surface area contributed by atoms with Crippen LogP contribution in [0.5, 0.6) is 11.5 Å². The molecule has 1 heterocycles. The summed E-state index contributed by atoms with van der Waals surface area (Å²) in [5.41, 5.74) is 4.27. The smallest absolute Gasteiger partial charge is 0.294 e. The van der Waals surface area contributed by atoms with Crippen LogP contribution in [0.25, 0.3) is 6.08 Å². The summed E-state index contributed by atoms with van der Waals surface area (Å²) in [5.74, 6) is 0.0356. The number of aryl methyl sites for hydroxylation is 2. The number of ether oxygens (including phenoxy) is 2. The average Bonchev–Trinajstić information content (AvgIpc) is 3.12. The number of thioether (sulfide) groups is 1. The molecule has 3 aromatic rings. The van der Waals surface area contributed by atoms with Crippen molar-refractivity contribution in [3.05, 3.63) is 92.3 Å². The van der Waals surface area contributed by atoms with E-state index in [1.165, 1.54) is 7.11 Å². The van der Waals surface area contributed by atoms with Gasteiger partial charge in [-0.15, -0.1) is 0 Å². The molecule has 37 heavy (non-hydrogen) atoms. The fourth-order valence-corrected chi connectivity index (χ4v) is 5.18. The molecule has 0 radical (unpaired) electrons. The molecule has 3 amide bonds. The van der Waals surface area contributed by atoms with E-state index in [4.69, 9.17) is 9.47 Å². The maximum absolute atomic E-state index is 13.0. The first-order chi connectivity index (χ1) is 17.7. The molecule has 0 atom stereocenters. The van der Waals surface area contributed by atoms with Crippen molar-refractivity contribution in [3.63, 3.8) is 0 Å². The van der Waals surface area contributed by atoms with Crippen LogP contribution in [0.4, 0.5) is 10.5 Å². The van der Waals surface area contributed by atoms with Crippen LogP contribution in [-0.4, -0.2) is 35.6 Å². The van der Waals surface area contributed by atoms with Crippen LogP contribution in [0.3, 0.4) is 0 Å². The zero-order chi connectivity index (χ0) is 26.5. The Morgan fingerprint density at radius 3 is 2.54 bits per heavy atom. The molecule has 1 fully saturated rings. The third kappa shape index (κ3) is 6.42. The highest BCUT2D eigenvalue weighted by molar-refractivity contribution is 9.10. The fraction of sp³-hybridized carbons (Fsp3) is 0.179. The van der Waals surface area contributed by atoms with Crippen molar-refractivity contribution in [2.75, 3.05) is 19.0 Å². The van der Waals surface area contributed by atoms with Crippen LogP contribution < -0.4 is 14.8 Å². The number of methoxy groups -OCH3 is 1. The minimum atomic E-state index is -0.523. The third-order valence-electron chi connectivity index (χ3n) is 5.61. The molecule has 0 spiro atoms. The van der Waals surface area contributed by atoms with E-state index in [0.29, 0.717) is 33.8 Å². The van der Waals surface area contributed by atoms with Gasteiger partial charge in [0.2, 0.25) is 5.91 Å². The van der Waals surface area contributed by atoms with Gasteiger partial charge in [0.25, 0.3) is 11.1 Å². The second-order valence-corrected chi connectivity index (χ2v) is 10.3. The van der Waals surface area contributed by atoms with Gasteiger partial charge in [-0.3, -0.25) is 19.3 Å². The molecule has 4 rings (SSSR count). The monoisotopic (exact) mass is 580 g/mol. The molecule has 1 N–H and O–H groups in total. The van der Waals surface area contributed by atoms with E-state index < -0.39 is 17.1 Å². The number of amides is 3. The van der Waals surface area contributed by atoms with Gasteiger partial charge in [-0.2, -0.15) is 0 Å². The Hall–Kier alpha value is -3.56. The summed E-state index contributed by atoms with van der Waals surface area (Å²) in [6.07, 6.45) is 1.60. The molecule has 0 bridgehead atoms. The van der Waals surface area contributed by atoms with Gasteiger partial charge < -0.3 is 14.8 Å². The van der Waals surface area contributed by atoms with Gasteiger partial charge in [-0.05, 0) is 82.5 Å². The Bertz CT molecular complexity index is 1390. The first-order valence-electron chi connectivity index (χ1n) is 11.4. The Labute approximate surface area is 228 Å². The number of halogens is 1. The minimum Gasteiger partial charge on any atom is -0.493 e. The van der Waals surface area contributed by atoms with E-state index in [-0.39, 0.29) is 11.4 Å². The van der Waals surface area contributed by atoms with Crippen LogP contribution in [0.15, 0.2) is 70.0 Å². The highest BCUT2D eigenvalue weighted by Crippen LogP contribution is 2.39. The van der Waals surface area contributed by atoms with E-state index in [1.54, 1.807) is 24.3 Å². The lowest BCUT2D eigenvalue weighted by Gasteiger charge is -2.14. The van der Waals surface area contributed by atoms with Crippen molar-refractivity contribution < 1.29 is 23.9 Å². The van der Waals surface area contributed by atoms with Gasteiger partial charge in [0.05, 0.1) is 16.5 Å². The summed E-state index contributed by atoms with van der Waals surface area (Å²) in [6.45, 7) is 3.84. The first-order valence-corrected chi connectivity index (χ1v) is 13.0. The lowest BCUT2D eigenvalue weighted by atomic mass is 10.1. The Kier molecular flexibility index (Phi) is 8.35. The summed E-state index contributed by atoms with van der Waals surface area (Å²) in [7, 11) is 1.53. The van der Waals surface area contributed by atoms with Crippen LogP contribution in [0, 0.1) is 13.8 Å². The molecule has 0 unspecified atom stereocenters. The zero-order valence-electron chi connectivity index (χ0n) is 20.5. The van der Waals surface area contributed by atoms with E-state index >= 15 is 0 Å². The fourth-order valence-electron chi connectivity index (χ4n) is 3.77. The topological polar surface area (TPSA) is 84.9 Å². The second kappa shape index (κ2) is 11.7. The van der Waals surface area contributed by atoms with E-state index in [0.717, 1.165) is 33.4 Å². The van der Waals surface area contributed by atoms with Gasteiger partial charge in [0.15, 0.2) is 11.5 Å². The van der Waals surface area contributed by atoms with Crippen LogP contribution >= 0.6 is 27.7 Å². The van der Waals surface area contributed by atoms with Crippen molar-refractivity contribution in [2.24, 2.45) is 0 Å². The van der Waals surface area contributed by atoms with Crippen molar-refractivity contribution in [2.45, 2.75) is 20.5 Å². The predicted molar refractivity (Wildman–Crippen MR) is 149 cm³/mol. The van der Waals surface area contributed by atoms with Crippen LogP contribution in [0.2, 0.25) is 0 Å². The molecule has 1 aliphatic heterocycles. The van der Waals surface area contributed by atoms with E-state index in [9.17, 15) is 14.4 Å². The summed E-state index contributed by atoms with van der Waals surface area (Å²) >= 11 is 4.31. The molecule has 0 aromatic heterocycles. The highest BCUT2D eigenvalue weighted by atomic mass is 79.9. The summed E-state index contributed by atoms with van der Waals surface area (Å²) in [4.78, 5) is 39.2. The number of imide groups is 1. The van der Waals surface area contributed by atoms with Crippen LogP contribution in [-0.2, 0) is 16.2 Å². The third-order valence-corrected chi connectivity index (χ3v) is 7.10. The molecule has 0 saturated carbocycles. The SMILES string of the molecule is COc1cc(/C=C2/SC(=O)N(CC(=O)Nc3ccc(C)cc3C)C2=O)cc(Br)c1OCc1ccccc1. The first kappa shape index (κ1) is 26.5. The predicted octanol–water partition coefficient (Wildman–Crippen LogP) is 6.33. The largest absolute Gasteiger partial charge is 0.493 e. The molecule has 0 aliphatic carbocycles. The minimum absolute atomic E-state index is 0.219. The standard InChI is InChI=1S/C28H25BrN2O5S/c1-17-9-10-22(18(2)11-17)30-25(32)15-31-27(33)24(37-28(31)34)14-20-12-21(29)26(23(13-20)35-3)36-16-19-7-5-4-6-8-19/h4-14H,15-16H2,1-3H3,(H,30,32)/b24-14+. The van der Waals surface area contributed by atoms with Crippen molar-refractivity contribution >= 4 is 56.5 Å². The number of hydrogen-bond acceptors (Lipinski definition) is 6. The summed E-state index contributed by atoms with van der Waals surface area (Å²) < 4.78 is 12.1. The number of benzene rings is 3. The summed E-state index contributed by atoms with van der Waals surface area (Å²) in [5, 5.41) is 2.27. The zero-order valence-corrected chi connectivity index (χ0v) is 22.9. The number of carbonyl (C=O) groups is 3. The number of nitrogens with zero attached hydrogens (tertiary/aromatic N) is 1. The Morgan fingerprint density at radius 2 is 1.84 bits per heavy atom. The molecule has 9 heteroatoms. The highest BCUT2D eigenvalue weighted by Gasteiger charge is 2.36. The normalized spacial score (nSPS) is 14.3. The van der Waals surface area contributed by atoms with Crippen LogP contribution in [0.1, 0.15) is 22.3 Å². The molecular formula is C28H25BrN2O5S. The molecule has 1 saturated heterocycles. The second-order valence-electron chi connectivity index (χ2n) is 8.44. The Morgan fingerprint density at radius 1 is 1.08 bits per heavy atom. The van der Waals surface area contributed by atoms with Gasteiger partial charge in [0.1, 0.15) is 13.2 Å². The quantitative estimate of drug-likeness (QED) is 0.313.